The molecule has 1 aliphatic rings. The van der Waals surface area contributed by atoms with Crippen molar-refractivity contribution in [2.45, 2.75) is 33.1 Å². The maximum absolute atomic E-state index is 12.2. The van der Waals surface area contributed by atoms with Crippen LogP contribution in [0.1, 0.15) is 42.3 Å². The first-order valence-electron chi connectivity index (χ1n) is 8.47. The van der Waals surface area contributed by atoms with Crippen LogP contribution < -0.4 is 9.64 Å². The molecule has 2 aromatic rings. The van der Waals surface area contributed by atoms with Crippen molar-refractivity contribution in [2.24, 2.45) is 0 Å². The fourth-order valence-electron chi connectivity index (χ4n) is 2.94. The Labute approximate surface area is 148 Å². The van der Waals surface area contributed by atoms with Gasteiger partial charge in [0.25, 0.3) is 11.7 Å². The molecule has 25 heavy (non-hydrogen) atoms. The summed E-state index contributed by atoms with van der Waals surface area (Å²) in [6.45, 7) is 9.09. The van der Waals surface area contributed by atoms with Gasteiger partial charge in [-0.25, -0.2) is 0 Å². The van der Waals surface area contributed by atoms with Crippen molar-refractivity contribution in [3.05, 3.63) is 59.2 Å². The minimum Gasteiger partial charge on any atom is -0.492 e. The van der Waals surface area contributed by atoms with Gasteiger partial charge in [0.05, 0.1) is 17.8 Å². The summed E-state index contributed by atoms with van der Waals surface area (Å²) in [6.07, 6.45) is 0. The highest BCUT2D eigenvalue weighted by molar-refractivity contribution is 6.52. The van der Waals surface area contributed by atoms with E-state index in [4.69, 9.17) is 4.74 Å². The molecule has 130 valence electrons. The normalized spacial score (nSPS) is 14.0. The van der Waals surface area contributed by atoms with Crippen LogP contribution in [0.5, 0.6) is 5.75 Å². The maximum Gasteiger partial charge on any atom is 0.299 e. The van der Waals surface area contributed by atoms with Crippen LogP contribution in [-0.4, -0.2) is 24.8 Å². The molecule has 0 fully saturated rings. The molecule has 0 N–H and O–H groups in total. The van der Waals surface area contributed by atoms with E-state index < -0.39 is 11.7 Å². The zero-order chi connectivity index (χ0) is 18.2. The molecule has 0 spiro atoms. The summed E-state index contributed by atoms with van der Waals surface area (Å²) in [5, 5.41) is 0. The molecule has 4 nitrogen and oxygen atoms in total. The second kappa shape index (κ2) is 6.36. The van der Waals surface area contributed by atoms with E-state index in [2.05, 4.69) is 32.9 Å². The molecule has 0 aromatic heterocycles. The Kier molecular flexibility index (Phi) is 4.38. The highest BCUT2D eigenvalue weighted by Gasteiger charge is 2.35. The lowest BCUT2D eigenvalue weighted by Crippen LogP contribution is -2.33. The van der Waals surface area contributed by atoms with Crippen LogP contribution in [0, 0.1) is 6.92 Å². The predicted molar refractivity (Wildman–Crippen MR) is 98.5 cm³/mol. The molecule has 0 bridgehead atoms. The number of ether oxygens (including phenoxy) is 1. The van der Waals surface area contributed by atoms with Crippen molar-refractivity contribution in [3.63, 3.8) is 0 Å². The van der Waals surface area contributed by atoms with Gasteiger partial charge in [0, 0.05) is 0 Å². The van der Waals surface area contributed by atoms with Gasteiger partial charge in [-0.1, -0.05) is 44.5 Å². The third kappa shape index (κ3) is 3.43. The smallest absolute Gasteiger partial charge is 0.299 e. The van der Waals surface area contributed by atoms with Crippen molar-refractivity contribution in [3.8, 4) is 5.75 Å². The molecule has 0 unspecified atom stereocenters. The van der Waals surface area contributed by atoms with E-state index in [1.165, 1.54) is 10.5 Å². The quantitative estimate of drug-likeness (QED) is 0.795. The minimum absolute atomic E-state index is 0.0999. The topological polar surface area (TPSA) is 46.6 Å². The average molecular weight is 337 g/mol. The number of anilines is 1. The molecule has 0 radical (unpaired) electrons. The summed E-state index contributed by atoms with van der Waals surface area (Å²) in [6, 6.07) is 13.5. The largest absolute Gasteiger partial charge is 0.492 e. The van der Waals surface area contributed by atoms with Crippen LogP contribution in [0.15, 0.2) is 42.5 Å². The lowest BCUT2D eigenvalue weighted by Gasteiger charge is -2.20. The zero-order valence-electron chi connectivity index (χ0n) is 15.1. The molecule has 0 atom stereocenters. The summed E-state index contributed by atoms with van der Waals surface area (Å²) in [7, 11) is 0. The van der Waals surface area contributed by atoms with Crippen molar-refractivity contribution in [1.29, 1.82) is 0 Å². The number of benzene rings is 2. The molecule has 0 saturated heterocycles. The number of rotatable bonds is 4. The molecule has 0 aliphatic carbocycles. The third-order valence-corrected chi connectivity index (χ3v) is 4.43. The van der Waals surface area contributed by atoms with Gasteiger partial charge in [0.1, 0.15) is 12.4 Å². The number of Topliss-reactive ketones (excluding diaryl/α,β-unsaturated/α-hetero) is 1. The van der Waals surface area contributed by atoms with E-state index in [1.54, 1.807) is 6.07 Å². The molecule has 0 saturated carbocycles. The Morgan fingerprint density at radius 1 is 1.00 bits per heavy atom. The number of hydrogen-bond donors (Lipinski definition) is 0. The van der Waals surface area contributed by atoms with Crippen LogP contribution in [0.2, 0.25) is 0 Å². The second-order valence-corrected chi connectivity index (χ2v) is 7.43. The van der Waals surface area contributed by atoms with Crippen LogP contribution in [-0.2, 0) is 10.2 Å². The molecule has 1 amide bonds. The lowest BCUT2D eigenvalue weighted by molar-refractivity contribution is -0.114. The number of ketones is 1. The maximum atomic E-state index is 12.2. The Hall–Kier alpha value is -2.62. The fraction of sp³-hybridized carbons (Fsp3) is 0.333. The third-order valence-electron chi connectivity index (χ3n) is 4.43. The number of carbonyl (C=O) groups excluding carboxylic acids is 2. The van der Waals surface area contributed by atoms with Gasteiger partial charge in [-0.15, -0.1) is 0 Å². The fourth-order valence-corrected chi connectivity index (χ4v) is 2.94. The Morgan fingerprint density at radius 3 is 2.32 bits per heavy atom. The Bertz CT molecular complexity index is 816. The molecule has 1 aliphatic heterocycles. The summed E-state index contributed by atoms with van der Waals surface area (Å²) >= 11 is 0. The van der Waals surface area contributed by atoms with Crippen molar-refractivity contribution < 1.29 is 14.3 Å². The molecule has 1 heterocycles. The Morgan fingerprint density at radius 2 is 1.68 bits per heavy atom. The number of amides is 1. The molecule has 3 rings (SSSR count). The van der Waals surface area contributed by atoms with E-state index >= 15 is 0 Å². The zero-order valence-corrected chi connectivity index (χ0v) is 15.1. The van der Waals surface area contributed by atoms with Crippen molar-refractivity contribution in [2.75, 3.05) is 18.1 Å². The van der Waals surface area contributed by atoms with Gasteiger partial charge in [-0.2, -0.15) is 0 Å². The standard InChI is InChI=1S/C21H23NO3/c1-14-5-10-18-17(13-14)19(23)20(24)22(18)11-12-25-16-8-6-15(7-9-16)21(2,3)4/h5-10,13H,11-12H2,1-4H3. The monoisotopic (exact) mass is 337 g/mol. The molecule has 2 aromatic carbocycles. The highest BCUT2D eigenvalue weighted by atomic mass is 16.5. The Balaban J connectivity index is 1.65. The number of aryl methyl sites for hydroxylation is 1. The van der Waals surface area contributed by atoms with Crippen molar-refractivity contribution in [1.82, 2.24) is 0 Å². The summed E-state index contributed by atoms with van der Waals surface area (Å²) in [4.78, 5) is 25.8. The van der Waals surface area contributed by atoms with Gasteiger partial charge in [0.2, 0.25) is 0 Å². The number of hydrogen-bond acceptors (Lipinski definition) is 3. The molecule has 4 heteroatoms. The van der Waals surface area contributed by atoms with E-state index in [-0.39, 0.29) is 5.41 Å². The molecular weight excluding hydrogens is 314 g/mol. The van der Waals surface area contributed by atoms with Crippen molar-refractivity contribution >= 4 is 17.4 Å². The lowest BCUT2D eigenvalue weighted by atomic mass is 9.87. The van der Waals surface area contributed by atoms with Crippen LogP contribution in [0.3, 0.4) is 0 Å². The van der Waals surface area contributed by atoms with E-state index in [0.29, 0.717) is 24.4 Å². The minimum atomic E-state index is -0.479. The molecular formula is C21H23NO3. The second-order valence-electron chi connectivity index (χ2n) is 7.43. The van der Waals surface area contributed by atoms with E-state index in [1.807, 2.05) is 31.2 Å². The first-order valence-corrected chi connectivity index (χ1v) is 8.47. The van der Waals surface area contributed by atoms with Gasteiger partial charge in [-0.3, -0.25) is 9.59 Å². The first-order chi connectivity index (χ1) is 11.8. The van der Waals surface area contributed by atoms with Crippen LogP contribution in [0.4, 0.5) is 5.69 Å². The predicted octanol–water partition coefficient (Wildman–Crippen LogP) is 3.90. The number of fused-ring (bicyclic) bond motifs is 1. The average Bonchev–Trinajstić information content (AvgIpc) is 2.79. The van der Waals surface area contributed by atoms with E-state index in [9.17, 15) is 9.59 Å². The van der Waals surface area contributed by atoms with Gasteiger partial charge in [-0.05, 0) is 42.2 Å². The summed E-state index contributed by atoms with van der Waals surface area (Å²) in [5.41, 5.74) is 3.47. The summed E-state index contributed by atoms with van der Waals surface area (Å²) in [5.74, 6) is -0.157. The highest BCUT2D eigenvalue weighted by Crippen LogP contribution is 2.29. The number of carbonyl (C=O) groups is 2. The van der Waals surface area contributed by atoms with Gasteiger partial charge >= 0.3 is 0 Å². The first kappa shape index (κ1) is 17.2. The SMILES string of the molecule is Cc1ccc2c(c1)C(=O)C(=O)N2CCOc1ccc(C(C)(C)C)cc1. The van der Waals surface area contributed by atoms with E-state index in [0.717, 1.165) is 11.3 Å². The van der Waals surface area contributed by atoms with Crippen LogP contribution >= 0.6 is 0 Å². The van der Waals surface area contributed by atoms with Gasteiger partial charge in [0.15, 0.2) is 0 Å². The number of nitrogens with zero attached hydrogens (tertiary/aromatic N) is 1. The van der Waals surface area contributed by atoms with Gasteiger partial charge < -0.3 is 9.64 Å². The summed E-state index contributed by atoms with van der Waals surface area (Å²) < 4.78 is 5.75. The van der Waals surface area contributed by atoms with Crippen LogP contribution in [0.25, 0.3) is 0 Å².